The summed E-state index contributed by atoms with van der Waals surface area (Å²) < 4.78 is 5.68. The van der Waals surface area contributed by atoms with Gasteiger partial charge in [0.25, 0.3) is 6.71 Å². The number of rotatable bonds is 2. The molecule has 0 radical (unpaired) electrons. The van der Waals surface area contributed by atoms with E-state index in [2.05, 4.69) is 15.9 Å². The predicted molar refractivity (Wildman–Crippen MR) is 61.4 cm³/mol. The maximum Gasteiger partial charge on any atom is 0.268 e. The summed E-state index contributed by atoms with van der Waals surface area (Å²) in [5.41, 5.74) is 0. The van der Waals surface area contributed by atoms with Crippen LogP contribution >= 0.6 is 0 Å². The molecule has 0 bridgehead atoms. The van der Waals surface area contributed by atoms with Crippen molar-refractivity contribution < 1.29 is 4.74 Å². The lowest BCUT2D eigenvalue weighted by Crippen LogP contribution is -2.27. The fourth-order valence-electron chi connectivity index (χ4n) is 1.94. The molecule has 1 aliphatic rings. The van der Waals surface area contributed by atoms with Crippen molar-refractivity contribution in [2.45, 2.75) is 31.6 Å². The molecule has 2 heterocycles. The third kappa shape index (κ3) is 2.95. The van der Waals surface area contributed by atoms with Gasteiger partial charge in [-0.15, -0.1) is 0 Å². The third-order valence-electron chi connectivity index (χ3n) is 2.87. The zero-order valence-corrected chi connectivity index (χ0v) is 9.33. The Labute approximate surface area is 100 Å². The van der Waals surface area contributed by atoms with Gasteiger partial charge in [-0.05, 0) is 12.8 Å². The lowest BCUT2D eigenvalue weighted by molar-refractivity contribution is 0.179. The minimum absolute atomic E-state index is 0.0982. The van der Waals surface area contributed by atoms with Crippen molar-refractivity contribution in [1.82, 2.24) is 9.97 Å². The zero-order chi connectivity index (χ0) is 12.1. The second-order valence-electron chi connectivity index (χ2n) is 4.05. The van der Waals surface area contributed by atoms with Crippen LogP contribution < -0.4 is 4.74 Å². The van der Waals surface area contributed by atoms with Crippen LogP contribution in [0.15, 0.2) is 12.3 Å². The van der Waals surface area contributed by atoms with E-state index in [0.29, 0.717) is 5.88 Å². The Bertz CT molecular complexity index is 471. The predicted octanol–water partition coefficient (Wildman–Crippen LogP) is 1.45. The summed E-state index contributed by atoms with van der Waals surface area (Å²) >= 11 is 0. The van der Waals surface area contributed by atoms with E-state index in [9.17, 15) is 0 Å². The molecule has 5 nitrogen and oxygen atoms in total. The SMILES string of the molecule is N#CB1CCC(Oc2ccnc(C#N)n2)CC1. The number of hydrogen-bond acceptors (Lipinski definition) is 5. The van der Waals surface area contributed by atoms with E-state index < -0.39 is 0 Å². The lowest BCUT2D eigenvalue weighted by atomic mass is 9.42. The first kappa shape index (κ1) is 11.4. The van der Waals surface area contributed by atoms with Crippen LogP contribution in [0.1, 0.15) is 18.7 Å². The molecule has 0 atom stereocenters. The maximum atomic E-state index is 8.79. The summed E-state index contributed by atoms with van der Waals surface area (Å²) in [4.78, 5) is 7.75. The largest absolute Gasteiger partial charge is 0.474 e. The molecule has 1 saturated heterocycles. The van der Waals surface area contributed by atoms with Gasteiger partial charge in [0.1, 0.15) is 6.07 Å². The van der Waals surface area contributed by atoms with Gasteiger partial charge >= 0.3 is 0 Å². The lowest BCUT2D eigenvalue weighted by Gasteiger charge is -2.23. The first-order chi connectivity index (χ1) is 8.31. The van der Waals surface area contributed by atoms with Gasteiger partial charge in [0.2, 0.25) is 11.7 Å². The Hall–Kier alpha value is -2.08. The first-order valence-electron chi connectivity index (χ1n) is 5.61. The Morgan fingerprint density at radius 1 is 1.35 bits per heavy atom. The molecule has 1 aromatic rings. The van der Waals surface area contributed by atoms with E-state index in [1.54, 1.807) is 6.07 Å². The average Bonchev–Trinajstić information content (AvgIpc) is 2.40. The van der Waals surface area contributed by atoms with Gasteiger partial charge in [-0.2, -0.15) is 10.2 Å². The standard InChI is InChI=1S/C11H11BN4O/c13-7-10-15-6-3-11(16-10)17-9-1-4-12(8-14)5-2-9/h3,6,9H,1-2,4-5H2. The van der Waals surface area contributed by atoms with E-state index in [1.807, 2.05) is 6.07 Å². The molecule has 17 heavy (non-hydrogen) atoms. The molecule has 1 fully saturated rings. The number of hydrogen-bond donors (Lipinski definition) is 0. The second kappa shape index (κ2) is 5.31. The highest BCUT2D eigenvalue weighted by Gasteiger charge is 2.25. The van der Waals surface area contributed by atoms with Gasteiger partial charge in [0.05, 0.1) is 6.10 Å². The molecule has 1 aliphatic heterocycles. The first-order valence-corrected chi connectivity index (χ1v) is 5.61. The molecule has 6 heteroatoms. The normalized spacial score (nSPS) is 16.0. The summed E-state index contributed by atoms with van der Waals surface area (Å²) in [7, 11) is 0. The third-order valence-corrected chi connectivity index (χ3v) is 2.87. The van der Waals surface area contributed by atoms with Crippen molar-refractivity contribution in [1.29, 1.82) is 10.5 Å². The van der Waals surface area contributed by atoms with Crippen LogP contribution in [0.25, 0.3) is 0 Å². The van der Waals surface area contributed by atoms with E-state index >= 15 is 0 Å². The summed E-state index contributed by atoms with van der Waals surface area (Å²) in [5, 5.41) is 17.5. The fourth-order valence-corrected chi connectivity index (χ4v) is 1.94. The highest BCUT2D eigenvalue weighted by atomic mass is 16.5. The fraction of sp³-hybridized carbons (Fsp3) is 0.455. The number of nitriles is 2. The topological polar surface area (TPSA) is 82.6 Å². The van der Waals surface area contributed by atoms with Crippen LogP contribution in [0.3, 0.4) is 0 Å². The minimum Gasteiger partial charge on any atom is -0.474 e. The van der Waals surface area contributed by atoms with Gasteiger partial charge in [-0.25, -0.2) is 10.2 Å². The number of nitrogens with zero attached hydrogens (tertiary/aromatic N) is 4. The van der Waals surface area contributed by atoms with Crippen LogP contribution in [-0.4, -0.2) is 22.8 Å². The van der Waals surface area contributed by atoms with Crippen molar-refractivity contribution in [2.24, 2.45) is 0 Å². The highest BCUT2D eigenvalue weighted by molar-refractivity contribution is 6.67. The maximum absolute atomic E-state index is 8.79. The molecule has 0 N–H and O–H groups in total. The van der Waals surface area contributed by atoms with Gasteiger partial charge in [-0.1, -0.05) is 12.6 Å². The van der Waals surface area contributed by atoms with Crippen molar-refractivity contribution >= 4 is 6.71 Å². The molecule has 0 amide bonds. The van der Waals surface area contributed by atoms with Gasteiger partial charge < -0.3 is 4.74 Å². The monoisotopic (exact) mass is 226 g/mol. The number of ether oxygens (including phenoxy) is 1. The second-order valence-corrected chi connectivity index (χ2v) is 4.05. The quantitative estimate of drug-likeness (QED) is 0.712. The van der Waals surface area contributed by atoms with Crippen LogP contribution in [0.2, 0.25) is 12.6 Å². The van der Waals surface area contributed by atoms with Gasteiger partial charge in [0, 0.05) is 18.2 Å². The van der Waals surface area contributed by atoms with Crippen LogP contribution in [-0.2, 0) is 0 Å². The Morgan fingerprint density at radius 2 is 2.12 bits per heavy atom. The molecule has 2 rings (SSSR count). The Balaban J connectivity index is 1.94. The smallest absolute Gasteiger partial charge is 0.268 e. The number of aromatic nitrogens is 2. The Morgan fingerprint density at radius 3 is 2.76 bits per heavy atom. The van der Waals surface area contributed by atoms with E-state index in [-0.39, 0.29) is 18.6 Å². The zero-order valence-electron chi connectivity index (χ0n) is 9.33. The van der Waals surface area contributed by atoms with E-state index in [4.69, 9.17) is 15.3 Å². The molecule has 1 aromatic heterocycles. The summed E-state index contributed by atoms with van der Waals surface area (Å²) in [6, 6.07) is 3.53. The summed E-state index contributed by atoms with van der Waals surface area (Å²) in [6.45, 7) is 0.162. The van der Waals surface area contributed by atoms with Crippen LogP contribution in [0.4, 0.5) is 0 Å². The van der Waals surface area contributed by atoms with Crippen molar-refractivity contribution in [2.75, 3.05) is 0 Å². The van der Waals surface area contributed by atoms with Gasteiger partial charge in [-0.3, -0.25) is 0 Å². The van der Waals surface area contributed by atoms with Crippen molar-refractivity contribution in [3.8, 4) is 17.9 Å². The van der Waals surface area contributed by atoms with Crippen LogP contribution in [0.5, 0.6) is 5.88 Å². The molecular formula is C11H11BN4O. The molecule has 0 aliphatic carbocycles. The summed E-state index contributed by atoms with van der Waals surface area (Å²) in [6.07, 6.45) is 5.09. The summed E-state index contributed by atoms with van der Waals surface area (Å²) in [5.74, 6) is 2.84. The molecular weight excluding hydrogens is 215 g/mol. The van der Waals surface area contributed by atoms with Crippen molar-refractivity contribution in [3.05, 3.63) is 18.1 Å². The van der Waals surface area contributed by atoms with E-state index in [0.717, 1.165) is 25.5 Å². The average molecular weight is 226 g/mol. The molecule has 0 unspecified atom stereocenters. The highest BCUT2D eigenvalue weighted by Crippen LogP contribution is 2.23. The minimum atomic E-state index is 0.0982. The van der Waals surface area contributed by atoms with Gasteiger partial charge in [0.15, 0.2) is 0 Å². The molecule has 84 valence electrons. The molecule has 0 spiro atoms. The molecule has 0 saturated carbocycles. The van der Waals surface area contributed by atoms with E-state index in [1.165, 1.54) is 6.20 Å². The Kier molecular flexibility index (Phi) is 3.57. The van der Waals surface area contributed by atoms with Crippen molar-refractivity contribution in [3.63, 3.8) is 0 Å². The van der Waals surface area contributed by atoms with Crippen LogP contribution in [0, 0.1) is 22.6 Å². The molecule has 0 aromatic carbocycles.